The van der Waals surface area contributed by atoms with Gasteiger partial charge in [-0.05, 0) is 6.42 Å². The van der Waals surface area contributed by atoms with E-state index in [0.717, 1.165) is 6.42 Å². The van der Waals surface area contributed by atoms with Crippen LogP contribution >= 0.6 is 0 Å². The summed E-state index contributed by atoms with van der Waals surface area (Å²) in [6.45, 7) is 0.820. The van der Waals surface area contributed by atoms with Crippen molar-refractivity contribution in [2.24, 2.45) is 11.5 Å². The van der Waals surface area contributed by atoms with Gasteiger partial charge in [0.25, 0.3) is 10.2 Å². The molecule has 0 aliphatic carbocycles. The van der Waals surface area contributed by atoms with Crippen molar-refractivity contribution in [2.45, 2.75) is 12.5 Å². The molecule has 1 aliphatic rings. The second kappa shape index (κ2) is 4.44. The Labute approximate surface area is 89.2 Å². The van der Waals surface area contributed by atoms with Gasteiger partial charge < -0.3 is 11.5 Å². The molecule has 15 heavy (non-hydrogen) atoms. The third-order valence-corrected chi connectivity index (χ3v) is 4.32. The molecule has 4 N–H and O–H groups in total. The van der Waals surface area contributed by atoms with Crippen molar-refractivity contribution in [3.63, 3.8) is 0 Å². The van der Waals surface area contributed by atoms with Gasteiger partial charge in [-0.1, -0.05) is 0 Å². The Balaban J connectivity index is 2.73. The number of hydrogen-bond acceptors (Lipinski definition) is 4. The standard InChI is InChI=1S/C7H16N4O3S/c1-10-3-2-4-11(15(10,13)14)5-6(8)7(9)12/h6H,2-5,8H2,1H3,(H2,9,12). The Kier molecular flexibility index (Phi) is 3.66. The topological polar surface area (TPSA) is 110 Å². The van der Waals surface area contributed by atoms with Crippen molar-refractivity contribution in [2.75, 3.05) is 26.7 Å². The van der Waals surface area contributed by atoms with Crippen LogP contribution in [-0.4, -0.2) is 55.7 Å². The largest absolute Gasteiger partial charge is 0.368 e. The van der Waals surface area contributed by atoms with Crippen molar-refractivity contribution in [1.29, 1.82) is 0 Å². The smallest absolute Gasteiger partial charge is 0.281 e. The highest BCUT2D eigenvalue weighted by Gasteiger charge is 2.32. The second-order valence-electron chi connectivity index (χ2n) is 3.55. The molecule has 1 atom stereocenters. The minimum Gasteiger partial charge on any atom is -0.368 e. The average molecular weight is 236 g/mol. The maximum atomic E-state index is 11.7. The highest BCUT2D eigenvalue weighted by Crippen LogP contribution is 2.13. The van der Waals surface area contributed by atoms with Crippen LogP contribution in [0.4, 0.5) is 0 Å². The lowest BCUT2D eigenvalue weighted by atomic mass is 10.3. The van der Waals surface area contributed by atoms with Crippen LogP contribution in [0.5, 0.6) is 0 Å². The molecule has 1 rings (SSSR count). The van der Waals surface area contributed by atoms with E-state index in [1.54, 1.807) is 0 Å². The summed E-state index contributed by atoms with van der Waals surface area (Å²) in [5.41, 5.74) is 10.4. The zero-order chi connectivity index (χ0) is 11.6. The zero-order valence-corrected chi connectivity index (χ0v) is 9.40. The molecule has 1 amide bonds. The minimum atomic E-state index is -3.45. The van der Waals surface area contributed by atoms with Gasteiger partial charge in [0.2, 0.25) is 5.91 Å². The van der Waals surface area contributed by atoms with E-state index in [2.05, 4.69) is 0 Å². The third-order valence-electron chi connectivity index (χ3n) is 2.37. The van der Waals surface area contributed by atoms with Gasteiger partial charge in [0, 0.05) is 26.7 Å². The van der Waals surface area contributed by atoms with Gasteiger partial charge in [0.1, 0.15) is 0 Å². The van der Waals surface area contributed by atoms with E-state index in [0.29, 0.717) is 13.1 Å². The molecule has 0 aromatic rings. The Hall–Kier alpha value is -0.700. The summed E-state index contributed by atoms with van der Waals surface area (Å²) in [5.74, 6) is -0.696. The molecule has 0 bridgehead atoms. The first-order valence-electron chi connectivity index (χ1n) is 4.62. The lowest BCUT2D eigenvalue weighted by molar-refractivity contribution is -0.119. The van der Waals surface area contributed by atoms with E-state index < -0.39 is 22.2 Å². The molecule has 1 unspecified atom stereocenters. The first-order valence-corrected chi connectivity index (χ1v) is 6.01. The lowest BCUT2D eigenvalue weighted by Gasteiger charge is -2.33. The number of carbonyl (C=O) groups is 1. The molecule has 0 aromatic carbocycles. The summed E-state index contributed by atoms with van der Waals surface area (Å²) in [4.78, 5) is 10.7. The van der Waals surface area contributed by atoms with Gasteiger partial charge in [-0.25, -0.2) is 0 Å². The summed E-state index contributed by atoms with van der Waals surface area (Å²) >= 11 is 0. The first-order chi connectivity index (χ1) is 6.85. The third kappa shape index (κ3) is 2.65. The van der Waals surface area contributed by atoms with Gasteiger partial charge >= 0.3 is 0 Å². The van der Waals surface area contributed by atoms with Crippen LogP contribution < -0.4 is 11.5 Å². The molecular formula is C7H16N4O3S. The van der Waals surface area contributed by atoms with Crippen LogP contribution in [0.25, 0.3) is 0 Å². The van der Waals surface area contributed by atoms with Crippen LogP contribution in [0.3, 0.4) is 0 Å². The average Bonchev–Trinajstić information content (AvgIpc) is 2.13. The Morgan fingerprint density at radius 3 is 2.60 bits per heavy atom. The van der Waals surface area contributed by atoms with E-state index >= 15 is 0 Å². The van der Waals surface area contributed by atoms with E-state index in [1.165, 1.54) is 15.7 Å². The first kappa shape index (κ1) is 12.4. The normalized spacial score (nSPS) is 24.9. The van der Waals surface area contributed by atoms with Crippen molar-refractivity contribution in [1.82, 2.24) is 8.61 Å². The van der Waals surface area contributed by atoms with Crippen LogP contribution in [0.1, 0.15) is 6.42 Å². The van der Waals surface area contributed by atoms with Crippen molar-refractivity contribution in [3.8, 4) is 0 Å². The van der Waals surface area contributed by atoms with Crippen LogP contribution in [0, 0.1) is 0 Å². The molecule has 1 saturated heterocycles. The van der Waals surface area contributed by atoms with Gasteiger partial charge in [-0.15, -0.1) is 0 Å². The summed E-state index contributed by atoms with van der Waals surface area (Å²) in [6.07, 6.45) is 0.723. The molecule has 1 aliphatic heterocycles. The SMILES string of the molecule is CN1CCCN(CC(N)C(N)=O)S1(=O)=O. The number of nitrogens with zero attached hydrogens (tertiary/aromatic N) is 2. The van der Waals surface area contributed by atoms with Gasteiger partial charge in [0.05, 0.1) is 6.04 Å². The zero-order valence-electron chi connectivity index (χ0n) is 8.59. The number of primary amides is 1. The molecule has 1 heterocycles. The number of amides is 1. The highest BCUT2D eigenvalue weighted by atomic mass is 32.2. The van der Waals surface area contributed by atoms with E-state index in [9.17, 15) is 13.2 Å². The van der Waals surface area contributed by atoms with Crippen molar-refractivity contribution >= 4 is 16.1 Å². The molecule has 7 nitrogen and oxygen atoms in total. The molecule has 0 spiro atoms. The fraction of sp³-hybridized carbons (Fsp3) is 0.857. The number of rotatable bonds is 3. The maximum Gasteiger partial charge on any atom is 0.281 e. The number of carbonyl (C=O) groups excluding carboxylic acids is 1. The quantitative estimate of drug-likeness (QED) is 0.573. The minimum absolute atomic E-state index is 0.0536. The van der Waals surface area contributed by atoms with Crippen molar-refractivity contribution < 1.29 is 13.2 Å². The predicted molar refractivity (Wildman–Crippen MR) is 54.9 cm³/mol. The Morgan fingerprint density at radius 1 is 1.47 bits per heavy atom. The Morgan fingerprint density at radius 2 is 2.07 bits per heavy atom. The van der Waals surface area contributed by atoms with Gasteiger partial charge in [0.15, 0.2) is 0 Å². The van der Waals surface area contributed by atoms with Crippen molar-refractivity contribution in [3.05, 3.63) is 0 Å². The maximum absolute atomic E-state index is 11.7. The van der Waals surface area contributed by atoms with Crippen LogP contribution in [0.2, 0.25) is 0 Å². The fourth-order valence-electron chi connectivity index (χ4n) is 1.39. The molecule has 0 radical (unpaired) electrons. The highest BCUT2D eigenvalue weighted by molar-refractivity contribution is 7.86. The molecular weight excluding hydrogens is 220 g/mol. The molecule has 88 valence electrons. The Bertz CT molecular complexity index is 342. The van der Waals surface area contributed by atoms with E-state index in [1.807, 2.05) is 0 Å². The van der Waals surface area contributed by atoms with Gasteiger partial charge in [-0.2, -0.15) is 17.0 Å². The molecule has 8 heteroatoms. The molecule has 1 fully saturated rings. The fourth-order valence-corrected chi connectivity index (χ4v) is 2.86. The van der Waals surface area contributed by atoms with E-state index in [-0.39, 0.29) is 6.54 Å². The summed E-state index contributed by atoms with van der Waals surface area (Å²) in [5, 5.41) is 0. The lowest BCUT2D eigenvalue weighted by Crippen LogP contribution is -2.54. The number of nitrogens with two attached hydrogens (primary N) is 2. The summed E-state index contributed by atoms with van der Waals surface area (Å²) < 4.78 is 25.9. The summed E-state index contributed by atoms with van der Waals surface area (Å²) in [6, 6.07) is -0.953. The van der Waals surface area contributed by atoms with Crippen LogP contribution in [-0.2, 0) is 15.0 Å². The predicted octanol–water partition coefficient (Wildman–Crippen LogP) is -2.32. The van der Waals surface area contributed by atoms with E-state index in [4.69, 9.17) is 11.5 Å². The summed E-state index contributed by atoms with van der Waals surface area (Å²) in [7, 11) is -1.95. The molecule has 0 aromatic heterocycles. The van der Waals surface area contributed by atoms with Crippen LogP contribution in [0.15, 0.2) is 0 Å². The number of hydrogen-bond donors (Lipinski definition) is 2. The monoisotopic (exact) mass is 236 g/mol. The van der Waals surface area contributed by atoms with Gasteiger partial charge in [-0.3, -0.25) is 4.79 Å². The molecule has 0 saturated carbocycles. The second-order valence-corrected chi connectivity index (χ2v) is 5.59.